The maximum absolute atomic E-state index is 12.6. The third-order valence-corrected chi connectivity index (χ3v) is 5.22. The van der Waals surface area contributed by atoms with Crippen molar-refractivity contribution in [2.45, 2.75) is 57.5 Å². The zero-order chi connectivity index (χ0) is 16.8. The molecule has 132 valence electrons. The molecule has 0 aromatic heterocycles. The first-order chi connectivity index (χ1) is 11.8. The molecule has 0 atom stereocenters. The van der Waals surface area contributed by atoms with Crippen molar-refractivity contribution in [3.8, 4) is 0 Å². The molecule has 3 rings (SSSR count). The molecule has 1 aromatic rings. The van der Waals surface area contributed by atoms with Gasteiger partial charge in [-0.25, -0.2) is 0 Å². The Morgan fingerprint density at radius 3 is 2.67 bits per heavy atom. The van der Waals surface area contributed by atoms with E-state index < -0.39 is 0 Å². The van der Waals surface area contributed by atoms with E-state index in [0.717, 1.165) is 37.9 Å². The van der Waals surface area contributed by atoms with Gasteiger partial charge in [0.2, 0.25) is 5.91 Å². The van der Waals surface area contributed by atoms with Crippen LogP contribution in [0.1, 0.15) is 48.8 Å². The average Bonchev–Trinajstić information content (AvgIpc) is 2.62. The first kappa shape index (κ1) is 17.4. The van der Waals surface area contributed by atoms with Crippen molar-refractivity contribution < 1.29 is 14.6 Å². The van der Waals surface area contributed by atoms with E-state index in [-0.39, 0.29) is 18.6 Å². The number of rotatable bonds is 6. The summed E-state index contributed by atoms with van der Waals surface area (Å²) in [7, 11) is 0. The molecule has 4 heteroatoms. The molecule has 1 fully saturated rings. The maximum atomic E-state index is 12.6. The van der Waals surface area contributed by atoms with Crippen LogP contribution in [0.15, 0.2) is 18.2 Å². The minimum absolute atomic E-state index is 0.179. The molecule has 0 bridgehead atoms. The first-order valence-corrected chi connectivity index (χ1v) is 9.37. The monoisotopic (exact) mass is 331 g/mol. The molecule has 4 nitrogen and oxygen atoms in total. The predicted molar refractivity (Wildman–Crippen MR) is 94.0 cm³/mol. The first-order valence-electron chi connectivity index (χ1n) is 9.37. The molecule has 0 saturated carbocycles. The normalized spacial score (nSPS) is 18.5. The van der Waals surface area contributed by atoms with E-state index in [1.54, 1.807) is 0 Å². The largest absolute Gasteiger partial charge is 0.396 e. The number of aryl methyl sites for hydroxylation is 2. The van der Waals surface area contributed by atoms with Crippen LogP contribution in [-0.2, 0) is 28.8 Å². The van der Waals surface area contributed by atoms with Gasteiger partial charge >= 0.3 is 0 Å². The minimum Gasteiger partial charge on any atom is -0.396 e. The van der Waals surface area contributed by atoms with Gasteiger partial charge in [0.05, 0.1) is 12.5 Å². The van der Waals surface area contributed by atoms with E-state index >= 15 is 0 Å². The molecule has 1 aromatic carbocycles. The second-order valence-corrected chi connectivity index (χ2v) is 7.02. The Morgan fingerprint density at radius 2 is 1.92 bits per heavy atom. The quantitative estimate of drug-likeness (QED) is 0.815. The lowest BCUT2D eigenvalue weighted by Gasteiger charge is -2.32. The van der Waals surface area contributed by atoms with Crippen LogP contribution in [0, 0.1) is 0 Å². The summed E-state index contributed by atoms with van der Waals surface area (Å²) in [6.45, 7) is 2.36. The number of carbonyl (C=O) groups is 1. The van der Waals surface area contributed by atoms with Crippen molar-refractivity contribution in [1.29, 1.82) is 0 Å². The van der Waals surface area contributed by atoms with Gasteiger partial charge in [-0.15, -0.1) is 0 Å². The summed E-state index contributed by atoms with van der Waals surface area (Å²) >= 11 is 0. The number of ether oxygens (including phenoxy) is 1. The van der Waals surface area contributed by atoms with Crippen LogP contribution in [0.4, 0.5) is 0 Å². The van der Waals surface area contributed by atoms with Gasteiger partial charge < -0.3 is 14.7 Å². The molecular formula is C20H29NO3. The zero-order valence-electron chi connectivity index (χ0n) is 14.5. The number of piperidine rings is 1. The van der Waals surface area contributed by atoms with E-state index in [4.69, 9.17) is 9.84 Å². The molecule has 24 heavy (non-hydrogen) atoms. The van der Waals surface area contributed by atoms with E-state index in [9.17, 15) is 4.79 Å². The van der Waals surface area contributed by atoms with Gasteiger partial charge in [-0.3, -0.25) is 4.79 Å². The van der Waals surface area contributed by atoms with Crippen LogP contribution in [0.2, 0.25) is 0 Å². The Balaban J connectivity index is 1.47. The van der Waals surface area contributed by atoms with Crippen molar-refractivity contribution >= 4 is 5.91 Å². The van der Waals surface area contributed by atoms with Crippen LogP contribution in [0.5, 0.6) is 0 Å². The van der Waals surface area contributed by atoms with E-state index in [2.05, 4.69) is 18.2 Å². The van der Waals surface area contributed by atoms with Crippen molar-refractivity contribution in [1.82, 2.24) is 4.90 Å². The minimum atomic E-state index is 0.179. The molecule has 0 spiro atoms. The SMILES string of the molecule is O=C(Cc1ccc2c(c1)CCCC2)N1CCC(OCCCO)CC1. The summed E-state index contributed by atoms with van der Waals surface area (Å²) in [5.74, 6) is 0.236. The second kappa shape index (κ2) is 8.63. The van der Waals surface area contributed by atoms with Gasteiger partial charge in [-0.2, -0.15) is 0 Å². The standard InChI is InChI=1S/C20H29NO3/c22-12-3-13-24-19-8-10-21(11-9-19)20(23)15-16-6-7-17-4-1-2-5-18(17)14-16/h6-7,14,19,22H,1-5,8-13,15H2. The topological polar surface area (TPSA) is 49.8 Å². The Labute approximate surface area is 144 Å². The molecule has 1 saturated heterocycles. The number of fused-ring (bicyclic) bond motifs is 1. The fourth-order valence-electron chi connectivity index (χ4n) is 3.77. The molecule has 1 heterocycles. The van der Waals surface area contributed by atoms with E-state index in [1.807, 2.05) is 4.90 Å². The summed E-state index contributed by atoms with van der Waals surface area (Å²) < 4.78 is 5.73. The Morgan fingerprint density at radius 1 is 1.17 bits per heavy atom. The number of hydrogen-bond donors (Lipinski definition) is 1. The lowest BCUT2D eigenvalue weighted by atomic mass is 9.90. The highest BCUT2D eigenvalue weighted by Crippen LogP contribution is 2.23. The molecule has 0 radical (unpaired) electrons. The molecule has 1 aliphatic carbocycles. The fraction of sp³-hybridized carbons (Fsp3) is 0.650. The molecule has 1 aliphatic heterocycles. The van der Waals surface area contributed by atoms with Gasteiger partial charge in [0.1, 0.15) is 0 Å². The van der Waals surface area contributed by atoms with E-state index in [1.165, 1.54) is 30.4 Å². The number of benzene rings is 1. The predicted octanol–water partition coefficient (Wildman–Crippen LogP) is 2.50. The Bertz CT molecular complexity index is 550. The van der Waals surface area contributed by atoms with Crippen LogP contribution in [0.25, 0.3) is 0 Å². The molecule has 0 unspecified atom stereocenters. The smallest absolute Gasteiger partial charge is 0.226 e. The highest BCUT2D eigenvalue weighted by Gasteiger charge is 2.23. The van der Waals surface area contributed by atoms with Crippen molar-refractivity contribution in [3.63, 3.8) is 0 Å². The van der Waals surface area contributed by atoms with Gasteiger partial charge in [0.15, 0.2) is 0 Å². The summed E-state index contributed by atoms with van der Waals surface area (Å²) in [5.41, 5.74) is 4.07. The summed E-state index contributed by atoms with van der Waals surface area (Å²) in [5, 5.41) is 8.79. The number of nitrogens with zero attached hydrogens (tertiary/aromatic N) is 1. The average molecular weight is 331 g/mol. The molecule has 2 aliphatic rings. The van der Waals surface area contributed by atoms with Crippen molar-refractivity contribution in [2.24, 2.45) is 0 Å². The number of hydrogen-bond acceptors (Lipinski definition) is 3. The highest BCUT2D eigenvalue weighted by atomic mass is 16.5. The maximum Gasteiger partial charge on any atom is 0.226 e. The van der Waals surface area contributed by atoms with E-state index in [0.29, 0.717) is 19.4 Å². The van der Waals surface area contributed by atoms with Gasteiger partial charge in [-0.05, 0) is 61.6 Å². The number of aliphatic hydroxyl groups is 1. The fourth-order valence-corrected chi connectivity index (χ4v) is 3.77. The number of aliphatic hydroxyl groups excluding tert-OH is 1. The lowest BCUT2D eigenvalue weighted by Crippen LogP contribution is -2.41. The third-order valence-electron chi connectivity index (χ3n) is 5.22. The van der Waals surface area contributed by atoms with Crippen molar-refractivity contribution in [2.75, 3.05) is 26.3 Å². The zero-order valence-corrected chi connectivity index (χ0v) is 14.5. The van der Waals surface area contributed by atoms with Crippen LogP contribution in [-0.4, -0.2) is 48.3 Å². The van der Waals surface area contributed by atoms with Crippen molar-refractivity contribution in [3.05, 3.63) is 34.9 Å². The van der Waals surface area contributed by atoms with Gasteiger partial charge in [-0.1, -0.05) is 18.2 Å². The Kier molecular flexibility index (Phi) is 6.27. The third kappa shape index (κ3) is 4.58. The molecular weight excluding hydrogens is 302 g/mol. The van der Waals surface area contributed by atoms with Crippen LogP contribution >= 0.6 is 0 Å². The number of amides is 1. The Hall–Kier alpha value is -1.39. The molecule has 1 N–H and O–H groups in total. The van der Waals surface area contributed by atoms with Crippen LogP contribution in [0.3, 0.4) is 0 Å². The van der Waals surface area contributed by atoms with Crippen LogP contribution < -0.4 is 0 Å². The number of likely N-dealkylation sites (tertiary alicyclic amines) is 1. The summed E-state index contributed by atoms with van der Waals surface area (Å²) in [6.07, 6.45) is 8.17. The highest BCUT2D eigenvalue weighted by molar-refractivity contribution is 5.79. The van der Waals surface area contributed by atoms with Gasteiger partial charge in [0, 0.05) is 26.3 Å². The summed E-state index contributed by atoms with van der Waals surface area (Å²) in [4.78, 5) is 14.5. The summed E-state index contributed by atoms with van der Waals surface area (Å²) in [6, 6.07) is 6.60. The lowest BCUT2D eigenvalue weighted by molar-refractivity contribution is -0.133. The number of carbonyl (C=O) groups excluding carboxylic acids is 1. The molecule has 1 amide bonds. The second-order valence-electron chi connectivity index (χ2n) is 7.02. The van der Waals surface area contributed by atoms with Gasteiger partial charge in [0.25, 0.3) is 0 Å².